The smallest absolute Gasteiger partial charge is 0.332 e. The second kappa shape index (κ2) is 8.43. The first kappa shape index (κ1) is 19.1. The Labute approximate surface area is 168 Å². The quantitative estimate of drug-likeness (QED) is 0.681. The van der Waals surface area contributed by atoms with Crippen molar-refractivity contribution in [3.63, 3.8) is 0 Å². The van der Waals surface area contributed by atoms with E-state index in [4.69, 9.17) is 0 Å². The highest BCUT2D eigenvalue weighted by molar-refractivity contribution is 5.79. The number of amides is 1. The summed E-state index contributed by atoms with van der Waals surface area (Å²) in [6, 6.07) is 12.7. The van der Waals surface area contributed by atoms with Crippen LogP contribution in [0.25, 0.3) is 11.0 Å². The van der Waals surface area contributed by atoms with Gasteiger partial charge in [-0.3, -0.25) is 18.7 Å². The number of benzene rings is 1. The first-order valence-electron chi connectivity index (χ1n) is 10.1. The van der Waals surface area contributed by atoms with Crippen molar-refractivity contribution < 1.29 is 4.79 Å². The van der Waals surface area contributed by atoms with Crippen LogP contribution in [0, 0.1) is 0 Å². The van der Waals surface area contributed by atoms with Gasteiger partial charge in [0.05, 0.1) is 12.1 Å². The Balaban J connectivity index is 1.77. The molecule has 150 valence electrons. The molecule has 0 aliphatic carbocycles. The molecular weight excluding hydrogens is 368 g/mol. The van der Waals surface area contributed by atoms with Gasteiger partial charge in [-0.15, -0.1) is 0 Å². The maximum absolute atomic E-state index is 13.2. The van der Waals surface area contributed by atoms with Gasteiger partial charge in [0.25, 0.3) is 5.56 Å². The Morgan fingerprint density at radius 2 is 1.62 bits per heavy atom. The summed E-state index contributed by atoms with van der Waals surface area (Å²) in [6.07, 6.45) is 5.74. The van der Waals surface area contributed by atoms with Gasteiger partial charge in [-0.2, -0.15) is 0 Å². The zero-order chi connectivity index (χ0) is 20.2. The summed E-state index contributed by atoms with van der Waals surface area (Å²) < 4.78 is 2.56. The van der Waals surface area contributed by atoms with Crippen LogP contribution in [0.5, 0.6) is 0 Å². The van der Waals surface area contributed by atoms with Crippen molar-refractivity contribution >= 4 is 16.9 Å². The predicted octanol–water partition coefficient (Wildman–Crippen LogP) is 2.01. The van der Waals surface area contributed by atoms with Gasteiger partial charge in [-0.25, -0.2) is 9.78 Å². The van der Waals surface area contributed by atoms with E-state index in [2.05, 4.69) is 4.98 Å². The van der Waals surface area contributed by atoms with Crippen LogP contribution in [0.15, 0.2) is 58.3 Å². The number of fused-ring (bicyclic) bond motifs is 1. The topological polar surface area (TPSA) is 77.2 Å². The summed E-state index contributed by atoms with van der Waals surface area (Å²) in [5.74, 6) is -0.0935. The summed E-state index contributed by atoms with van der Waals surface area (Å²) in [7, 11) is 0. The number of hydrogen-bond acceptors (Lipinski definition) is 4. The second-order valence-electron chi connectivity index (χ2n) is 7.41. The van der Waals surface area contributed by atoms with Crippen molar-refractivity contribution in [1.82, 2.24) is 19.0 Å². The fraction of sp³-hybridized carbons (Fsp3) is 0.364. The minimum atomic E-state index is -0.484. The zero-order valence-electron chi connectivity index (χ0n) is 16.3. The lowest BCUT2D eigenvalue weighted by Crippen LogP contribution is -2.44. The van der Waals surface area contributed by atoms with Crippen molar-refractivity contribution in [2.24, 2.45) is 0 Å². The van der Waals surface area contributed by atoms with E-state index in [0.717, 1.165) is 31.2 Å². The van der Waals surface area contributed by atoms with Crippen molar-refractivity contribution in [2.45, 2.75) is 38.8 Å². The third-order valence-corrected chi connectivity index (χ3v) is 5.42. The van der Waals surface area contributed by atoms with Crippen LogP contribution >= 0.6 is 0 Å². The molecule has 1 aliphatic rings. The molecular formula is C22H24N4O3. The molecule has 0 bridgehead atoms. The van der Waals surface area contributed by atoms with E-state index in [1.165, 1.54) is 15.3 Å². The Morgan fingerprint density at radius 1 is 0.897 bits per heavy atom. The highest BCUT2D eigenvalue weighted by Crippen LogP contribution is 2.11. The van der Waals surface area contributed by atoms with Gasteiger partial charge in [0.1, 0.15) is 6.54 Å². The maximum atomic E-state index is 13.2. The molecule has 1 fully saturated rings. The summed E-state index contributed by atoms with van der Waals surface area (Å²) >= 11 is 0. The average Bonchev–Trinajstić information content (AvgIpc) is 3.04. The number of carbonyl (C=O) groups is 1. The molecule has 1 saturated heterocycles. The molecule has 3 heterocycles. The molecule has 0 spiro atoms. The molecule has 7 heteroatoms. The normalized spacial score (nSPS) is 14.7. The van der Waals surface area contributed by atoms with E-state index in [1.54, 1.807) is 12.1 Å². The van der Waals surface area contributed by atoms with Crippen molar-refractivity contribution in [3.05, 3.63) is 75.1 Å². The van der Waals surface area contributed by atoms with Crippen LogP contribution in [0.4, 0.5) is 0 Å². The van der Waals surface area contributed by atoms with Gasteiger partial charge in [0.2, 0.25) is 5.91 Å². The van der Waals surface area contributed by atoms with Crippen LogP contribution in [-0.4, -0.2) is 38.0 Å². The molecule has 1 aromatic carbocycles. The number of hydrogen-bond donors (Lipinski definition) is 0. The van der Waals surface area contributed by atoms with Gasteiger partial charge in [-0.05, 0) is 30.5 Å². The fourth-order valence-corrected chi connectivity index (χ4v) is 3.86. The molecule has 0 atom stereocenters. The third-order valence-electron chi connectivity index (χ3n) is 5.42. The molecule has 1 aliphatic heterocycles. The first-order valence-corrected chi connectivity index (χ1v) is 10.1. The molecule has 7 nitrogen and oxygen atoms in total. The second-order valence-corrected chi connectivity index (χ2v) is 7.41. The van der Waals surface area contributed by atoms with Gasteiger partial charge >= 0.3 is 5.69 Å². The van der Waals surface area contributed by atoms with Gasteiger partial charge in [-0.1, -0.05) is 43.2 Å². The minimum Gasteiger partial charge on any atom is -0.341 e. The molecule has 0 saturated carbocycles. The maximum Gasteiger partial charge on any atom is 0.332 e. The Bertz CT molecular complexity index is 1130. The Morgan fingerprint density at radius 3 is 2.34 bits per heavy atom. The van der Waals surface area contributed by atoms with E-state index in [9.17, 15) is 14.4 Å². The van der Waals surface area contributed by atoms with E-state index in [-0.39, 0.29) is 24.5 Å². The molecule has 1 amide bonds. The summed E-state index contributed by atoms with van der Waals surface area (Å²) in [6.45, 7) is 1.49. The van der Waals surface area contributed by atoms with E-state index in [1.807, 2.05) is 35.2 Å². The number of rotatable bonds is 4. The van der Waals surface area contributed by atoms with E-state index >= 15 is 0 Å². The Kier molecular flexibility index (Phi) is 5.55. The number of carbonyl (C=O) groups excluding carboxylic acids is 1. The number of nitrogens with zero attached hydrogens (tertiary/aromatic N) is 4. The van der Waals surface area contributed by atoms with Crippen LogP contribution in [0.3, 0.4) is 0 Å². The average molecular weight is 392 g/mol. The molecule has 0 N–H and O–H groups in total. The minimum absolute atomic E-state index is 0.0872. The zero-order valence-corrected chi connectivity index (χ0v) is 16.3. The van der Waals surface area contributed by atoms with Crippen molar-refractivity contribution in [1.29, 1.82) is 0 Å². The fourth-order valence-electron chi connectivity index (χ4n) is 3.86. The molecule has 29 heavy (non-hydrogen) atoms. The van der Waals surface area contributed by atoms with Crippen LogP contribution < -0.4 is 11.2 Å². The van der Waals surface area contributed by atoms with Crippen LogP contribution in [0.2, 0.25) is 0 Å². The molecule has 0 unspecified atom stereocenters. The van der Waals surface area contributed by atoms with Crippen LogP contribution in [0.1, 0.15) is 31.2 Å². The third kappa shape index (κ3) is 3.99. The van der Waals surface area contributed by atoms with E-state index < -0.39 is 11.2 Å². The summed E-state index contributed by atoms with van der Waals surface area (Å²) in [4.78, 5) is 45.1. The summed E-state index contributed by atoms with van der Waals surface area (Å²) in [5, 5.41) is 0. The summed E-state index contributed by atoms with van der Waals surface area (Å²) in [5.41, 5.74) is 0.518. The standard InChI is InChI=1S/C22H24N4O3/c27-19(24-13-6-1-2-7-14-24)16-25-18-11-8-12-23-20(18)21(28)26(22(25)29)15-17-9-4-3-5-10-17/h3-5,8-12H,1-2,6-7,13-16H2. The highest BCUT2D eigenvalue weighted by atomic mass is 16.2. The molecule has 2 aromatic heterocycles. The molecule has 4 rings (SSSR count). The number of likely N-dealkylation sites (tertiary alicyclic amines) is 1. The van der Waals surface area contributed by atoms with Crippen molar-refractivity contribution in [3.8, 4) is 0 Å². The van der Waals surface area contributed by atoms with Gasteiger partial charge in [0, 0.05) is 19.3 Å². The molecule has 3 aromatic rings. The highest BCUT2D eigenvalue weighted by Gasteiger charge is 2.20. The van der Waals surface area contributed by atoms with E-state index in [0.29, 0.717) is 18.6 Å². The lowest BCUT2D eigenvalue weighted by Gasteiger charge is -2.21. The predicted molar refractivity (Wildman–Crippen MR) is 111 cm³/mol. The number of pyridine rings is 1. The monoisotopic (exact) mass is 392 g/mol. The lowest BCUT2D eigenvalue weighted by molar-refractivity contribution is -0.131. The first-order chi connectivity index (χ1) is 14.1. The van der Waals surface area contributed by atoms with Gasteiger partial charge in [0.15, 0.2) is 5.52 Å². The lowest BCUT2D eigenvalue weighted by atomic mass is 10.2. The number of aromatic nitrogens is 3. The SMILES string of the molecule is O=C(Cn1c(=O)n(Cc2ccccc2)c(=O)c2ncccc21)N1CCCCCC1. The Hall–Kier alpha value is -3.22. The van der Waals surface area contributed by atoms with Crippen LogP contribution in [-0.2, 0) is 17.9 Å². The molecule has 0 radical (unpaired) electrons. The largest absolute Gasteiger partial charge is 0.341 e. The van der Waals surface area contributed by atoms with Gasteiger partial charge < -0.3 is 4.90 Å². The van der Waals surface area contributed by atoms with Crippen molar-refractivity contribution in [2.75, 3.05) is 13.1 Å².